The number of hydrogen-bond acceptors (Lipinski definition) is 5. The van der Waals surface area contributed by atoms with Gasteiger partial charge in [-0.05, 0) is 48.6 Å². The molecule has 0 atom stereocenters. The summed E-state index contributed by atoms with van der Waals surface area (Å²) in [6.07, 6.45) is 3.57. The van der Waals surface area contributed by atoms with Crippen molar-refractivity contribution in [2.75, 3.05) is 18.5 Å². The summed E-state index contributed by atoms with van der Waals surface area (Å²) in [5.74, 6) is -0.446. The second-order valence-electron chi connectivity index (χ2n) is 8.17. The Morgan fingerprint density at radius 1 is 1.12 bits per heavy atom. The molecule has 32 heavy (non-hydrogen) atoms. The van der Waals surface area contributed by atoms with Crippen LogP contribution in [0.15, 0.2) is 48.5 Å². The Morgan fingerprint density at radius 2 is 1.91 bits per heavy atom. The van der Waals surface area contributed by atoms with E-state index >= 15 is 0 Å². The van der Waals surface area contributed by atoms with Crippen LogP contribution in [0.5, 0.6) is 0 Å². The average molecular weight is 451 g/mol. The smallest absolute Gasteiger partial charge is 0.341 e. The van der Waals surface area contributed by atoms with Gasteiger partial charge >= 0.3 is 5.97 Å². The number of nitrogens with one attached hydrogen (secondary N) is 1. The van der Waals surface area contributed by atoms with Gasteiger partial charge in [0.1, 0.15) is 5.00 Å². The predicted molar refractivity (Wildman–Crippen MR) is 130 cm³/mol. The minimum absolute atomic E-state index is 0.0661. The molecule has 6 heteroatoms. The van der Waals surface area contributed by atoms with E-state index in [1.807, 2.05) is 13.0 Å². The van der Waals surface area contributed by atoms with Crippen molar-refractivity contribution >= 4 is 39.0 Å². The van der Waals surface area contributed by atoms with Crippen molar-refractivity contribution in [2.45, 2.75) is 52.1 Å². The molecule has 4 rings (SSSR count). The first-order valence-corrected chi connectivity index (χ1v) is 12.2. The molecule has 0 bridgehead atoms. The van der Waals surface area contributed by atoms with Gasteiger partial charge < -0.3 is 10.1 Å². The molecule has 1 saturated carbocycles. The highest BCUT2D eigenvalue weighted by Crippen LogP contribution is 2.31. The third-order valence-electron chi connectivity index (χ3n) is 5.82. The van der Waals surface area contributed by atoms with Gasteiger partial charge in [0.05, 0.1) is 12.2 Å². The predicted octanol–water partition coefficient (Wildman–Crippen LogP) is 5.63. The summed E-state index contributed by atoms with van der Waals surface area (Å²) in [6.45, 7) is 5.67. The Hall–Kier alpha value is -2.70. The number of hydrogen-bond donors (Lipinski definition) is 1. The number of ether oxygens (including phenoxy) is 1. The van der Waals surface area contributed by atoms with E-state index in [1.165, 1.54) is 40.5 Å². The number of carbonyl (C=O) groups excluding carboxylic acids is 2. The first-order valence-electron chi connectivity index (χ1n) is 11.4. The van der Waals surface area contributed by atoms with Crippen LogP contribution in [-0.2, 0) is 22.5 Å². The molecular formula is C26H30N2O3S. The van der Waals surface area contributed by atoms with E-state index in [2.05, 4.69) is 52.7 Å². The molecule has 3 aromatic rings. The van der Waals surface area contributed by atoms with Crippen molar-refractivity contribution in [2.24, 2.45) is 0 Å². The quantitative estimate of drug-likeness (QED) is 0.407. The third kappa shape index (κ3) is 5.37. The van der Waals surface area contributed by atoms with Crippen molar-refractivity contribution in [1.29, 1.82) is 0 Å². The first-order chi connectivity index (χ1) is 15.6. The van der Waals surface area contributed by atoms with Crippen LogP contribution in [0.4, 0.5) is 5.00 Å². The zero-order valence-electron chi connectivity index (χ0n) is 18.7. The molecule has 0 saturated heterocycles. The Morgan fingerprint density at radius 3 is 2.66 bits per heavy atom. The molecule has 1 fully saturated rings. The van der Waals surface area contributed by atoms with Crippen LogP contribution in [0.3, 0.4) is 0 Å². The SMILES string of the molecule is CCOC(=O)c1cc(CC)sc1NC(=O)CCN(Cc1cccc2ccccc12)C1CC1. The molecule has 2 aromatic carbocycles. The van der Waals surface area contributed by atoms with Crippen LogP contribution in [0.1, 0.15) is 53.9 Å². The topological polar surface area (TPSA) is 58.6 Å². The molecule has 0 spiro atoms. The second kappa shape index (κ2) is 10.3. The zero-order valence-corrected chi connectivity index (χ0v) is 19.5. The van der Waals surface area contributed by atoms with Gasteiger partial charge in [-0.25, -0.2) is 4.79 Å². The minimum Gasteiger partial charge on any atom is -0.462 e. The Kier molecular flexibility index (Phi) is 7.22. The van der Waals surface area contributed by atoms with E-state index < -0.39 is 0 Å². The van der Waals surface area contributed by atoms with Crippen molar-refractivity contribution in [3.63, 3.8) is 0 Å². The van der Waals surface area contributed by atoms with E-state index in [4.69, 9.17) is 4.74 Å². The van der Waals surface area contributed by atoms with E-state index in [1.54, 1.807) is 6.92 Å². The van der Waals surface area contributed by atoms with Gasteiger partial charge in [-0.15, -0.1) is 11.3 Å². The Labute approximate surface area is 193 Å². The van der Waals surface area contributed by atoms with Crippen LogP contribution >= 0.6 is 11.3 Å². The highest BCUT2D eigenvalue weighted by Gasteiger charge is 2.29. The van der Waals surface area contributed by atoms with Crippen LogP contribution in [-0.4, -0.2) is 36.0 Å². The van der Waals surface area contributed by atoms with E-state index in [0.717, 1.165) is 17.8 Å². The van der Waals surface area contributed by atoms with Gasteiger partial charge in [-0.2, -0.15) is 0 Å². The number of carbonyl (C=O) groups is 2. The summed E-state index contributed by atoms with van der Waals surface area (Å²) in [5, 5.41) is 6.08. The normalized spacial score (nSPS) is 13.5. The van der Waals surface area contributed by atoms with Crippen LogP contribution in [0.25, 0.3) is 10.8 Å². The molecule has 168 valence electrons. The van der Waals surface area contributed by atoms with Crippen LogP contribution < -0.4 is 5.32 Å². The molecule has 0 aliphatic heterocycles. The fraction of sp³-hybridized carbons (Fsp3) is 0.385. The van der Waals surface area contributed by atoms with Gasteiger partial charge in [0.25, 0.3) is 0 Å². The van der Waals surface area contributed by atoms with Crippen molar-refractivity contribution in [3.05, 3.63) is 64.5 Å². The lowest BCUT2D eigenvalue weighted by Gasteiger charge is -2.22. The van der Waals surface area contributed by atoms with Gasteiger partial charge in [0.15, 0.2) is 0 Å². The molecule has 1 N–H and O–H groups in total. The minimum atomic E-state index is -0.380. The second-order valence-corrected chi connectivity index (χ2v) is 9.30. The fourth-order valence-corrected chi connectivity index (χ4v) is 4.98. The zero-order chi connectivity index (χ0) is 22.5. The van der Waals surface area contributed by atoms with Gasteiger partial charge in [0.2, 0.25) is 5.91 Å². The number of rotatable bonds is 10. The highest BCUT2D eigenvalue weighted by atomic mass is 32.1. The number of thiophene rings is 1. The number of benzene rings is 2. The van der Waals surface area contributed by atoms with Crippen molar-refractivity contribution in [1.82, 2.24) is 4.90 Å². The summed E-state index contributed by atoms with van der Waals surface area (Å²) in [7, 11) is 0. The fourth-order valence-electron chi connectivity index (χ4n) is 3.98. The number of amides is 1. The lowest BCUT2D eigenvalue weighted by atomic mass is 10.0. The summed E-state index contributed by atoms with van der Waals surface area (Å²) < 4.78 is 5.16. The molecule has 0 radical (unpaired) electrons. The molecule has 1 heterocycles. The maximum Gasteiger partial charge on any atom is 0.341 e. The Bertz CT molecular complexity index is 1100. The van der Waals surface area contributed by atoms with E-state index in [9.17, 15) is 9.59 Å². The van der Waals surface area contributed by atoms with Gasteiger partial charge in [0, 0.05) is 30.4 Å². The molecule has 1 aliphatic carbocycles. The summed E-state index contributed by atoms with van der Waals surface area (Å²) in [4.78, 5) is 28.5. The first kappa shape index (κ1) is 22.5. The average Bonchev–Trinajstić information content (AvgIpc) is 3.57. The molecule has 1 amide bonds. The maximum absolute atomic E-state index is 12.8. The van der Waals surface area contributed by atoms with Crippen molar-refractivity contribution in [3.8, 4) is 0 Å². The largest absolute Gasteiger partial charge is 0.462 e. The molecule has 0 unspecified atom stereocenters. The van der Waals surface area contributed by atoms with E-state index in [0.29, 0.717) is 36.2 Å². The summed E-state index contributed by atoms with van der Waals surface area (Å²) in [6, 6.07) is 17.3. The van der Waals surface area contributed by atoms with Crippen LogP contribution in [0, 0.1) is 0 Å². The van der Waals surface area contributed by atoms with Crippen molar-refractivity contribution < 1.29 is 14.3 Å². The highest BCUT2D eigenvalue weighted by molar-refractivity contribution is 7.16. The monoisotopic (exact) mass is 450 g/mol. The number of anilines is 1. The maximum atomic E-state index is 12.8. The third-order valence-corrected chi connectivity index (χ3v) is 7.02. The van der Waals surface area contributed by atoms with Crippen LogP contribution in [0.2, 0.25) is 0 Å². The molecule has 5 nitrogen and oxygen atoms in total. The number of fused-ring (bicyclic) bond motifs is 1. The number of aryl methyl sites for hydroxylation is 1. The van der Waals surface area contributed by atoms with E-state index in [-0.39, 0.29) is 11.9 Å². The lowest BCUT2D eigenvalue weighted by molar-refractivity contribution is -0.116. The van der Waals surface area contributed by atoms with Gasteiger partial charge in [-0.3, -0.25) is 9.69 Å². The number of esters is 1. The molecular weight excluding hydrogens is 420 g/mol. The number of nitrogens with zero attached hydrogens (tertiary/aromatic N) is 1. The summed E-state index contributed by atoms with van der Waals surface area (Å²) in [5.41, 5.74) is 1.75. The standard InChI is InChI=1S/C26H30N2O3S/c1-3-21-16-23(26(30)31-4-2)25(32-21)27-24(29)14-15-28(20-12-13-20)17-19-10-7-9-18-8-5-6-11-22(18)19/h5-11,16,20H,3-4,12-15,17H2,1-2H3,(H,27,29). The van der Waals surface area contributed by atoms with Gasteiger partial charge in [-0.1, -0.05) is 49.4 Å². The summed E-state index contributed by atoms with van der Waals surface area (Å²) >= 11 is 1.45. The molecule has 1 aromatic heterocycles. The Balaban J connectivity index is 1.41. The molecule has 1 aliphatic rings. The lowest BCUT2D eigenvalue weighted by Crippen LogP contribution is -2.29.